The maximum Gasteiger partial charge on any atom is 0.293 e. The fraction of sp³-hybridized carbons (Fsp3) is 0.125. The van der Waals surface area contributed by atoms with Crippen LogP contribution < -0.4 is 11.7 Å². The van der Waals surface area contributed by atoms with Gasteiger partial charge in [0.2, 0.25) is 0 Å². The summed E-state index contributed by atoms with van der Waals surface area (Å²) in [5.74, 6) is 8.00. The molecule has 0 aliphatic rings. The fourth-order valence-corrected chi connectivity index (χ4v) is 0.704. The molecule has 0 aliphatic carbocycles. The van der Waals surface area contributed by atoms with Gasteiger partial charge in [-0.1, -0.05) is 30.3 Å². The summed E-state index contributed by atoms with van der Waals surface area (Å²) in [6.07, 6.45) is 0. The SMILES string of the molecule is NN.O=COCc1ccccc1. The highest BCUT2D eigenvalue weighted by Gasteiger charge is 1.87. The summed E-state index contributed by atoms with van der Waals surface area (Å²) in [5.41, 5.74) is 1.01. The molecule has 0 radical (unpaired) electrons. The Morgan fingerprint density at radius 1 is 1.25 bits per heavy atom. The van der Waals surface area contributed by atoms with Gasteiger partial charge in [0.25, 0.3) is 6.47 Å². The van der Waals surface area contributed by atoms with Crippen LogP contribution in [0.4, 0.5) is 0 Å². The molecule has 0 saturated heterocycles. The van der Waals surface area contributed by atoms with E-state index >= 15 is 0 Å². The van der Waals surface area contributed by atoms with E-state index in [-0.39, 0.29) is 0 Å². The number of carbonyl (C=O) groups excluding carboxylic acids is 1. The predicted octanol–water partition coefficient (Wildman–Crippen LogP) is 0.178. The molecule has 0 atom stereocenters. The Bertz CT molecular complexity index is 201. The normalized spacial score (nSPS) is 7.83. The van der Waals surface area contributed by atoms with Crippen LogP contribution in [0.1, 0.15) is 5.56 Å². The molecule has 4 heteroatoms. The third-order valence-electron chi connectivity index (χ3n) is 1.16. The Morgan fingerprint density at radius 3 is 2.33 bits per heavy atom. The largest absolute Gasteiger partial charge is 0.463 e. The van der Waals surface area contributed by atoms with Gasteiger partial charge in [0.15, 0.2) is 0 Å². The lowest BCUT2D eigenvalue weighted by Gasteiger charge is -1.95. The Kier molecular flexibility index (Phi) is 6.82. The number of nitrogens with two attached hydrogens (primary N) is 2. The van der Waals surface area contributed by atoms with E-state index in [0.29, 0.717) is 13.1 Å². The molecule has 0 aromatic heterocycles. The van der Waals surface area contributed by atoms with Crippen molar-refractivity contribution in [3.05, 3.63) is 35.9 Å². The van der Waals surface area contributed by atoms with E-state index in [1.54, 1.807) is 0 Å². The van der Waals surface area contributed by atoms with Crippen LogP contribution in [-0.2, 0) is 16.1 Å². The van der Waals surface area contributed by atoms with Gasteiger partial charge >= 0.3 is 0 Å². The minimum Gasteiger partial charge on any atom is -0.463 e. The quantitative estimate of drug-likeness (QED) is 0.383. The molecule has 0 unspecified atom stereocenters. The van der Waals surface area contributed by atoms with Crippen molar-refractivity contribution in [2.75, 3.05) is 0 Å². The van der Waals surface area contributed by atoms with Crippen molar-refractivity contribution < 1.29 is 9.53 Å². The zero-order valence-electron chi connectivity index (χ0n) is 6.64. The second kappa shape index (κ2) is 7.71. The number of hydrazine groups is 1. The van der Waals surface area contributed by atoms with Crippen LogP contribution in [0.15, 0.2) is 30.3 Å². The first-order valence-electron chi connectivity index (χ1n) is 3.36. The summed E-state index contributed by atoms with van der Waals surface area (Å²) >= 11 is 0. The van der Waals surface area contributed by atoms with Crippen LogP contribution in [0, 0.1) is 0 Å². The van der Waals surface area contributed by atoms with Gasteiger partial charge in [-0.25, -0.2) is 0 Å². The molecule has 66 valence electrons. The number of ether oxygens (including phenoxy) is 1. The molecule has 4 N–H and O–H groups in total. The Morgan fingerprint density at radius 2 is 1.83 bits per heavy atom. The summed E-state index contributed by atoms with van der Waals surface area (Å²) in [6.45, 7) is 0.817. The first-order chi connectivity index (χ1) is 5.93. The van der Waals surface area contributed by atoms with E-state index < -0.39 is 0 Å². The molecule has 0 amide bonds. The van der Waals surface area contributed by atoms with Gasteiger partial charge in [-0.15, -0.1) is 0 Å². The summed E-state index contributed by atoms with van der Waals surface area (Å²) < 4.78 is 4.54. The van der Waals surface area contributed by atoms with E-state index in [9.17, 15) is 4.79 Å². The second-order valence-corrected chi connectivity index (χ2v) is 1.89. The molecule has 4 nitrogen and oxygen atoms in total. The fourth-order valence-electron chi connectivity index (χ4n) is 0.704. The number of hydrogen-bond acceptors (Lipinski definition) is 4. The van der Waals surface area contributed by atoms with Crippen molar-refractivity contribution in [2.24, 2.45) is 11.7 Å². The maximum atomic E-state index is 9.76. The third kappa shape index (κ3) is 4.43. The maximum absolute atomic E-state index is 9.76. The highest BCUT2D eigenvalue weighted by molar-refractivity contribution is 5.37. The van der Waals surface area contributed by atoms with E-state index in [2.05, 4.69) is 16.4 Å². The van der Waals surface area contributed by atoms with Crippen molar-refractivity contribution in [2.45, 2.75) is 6.61 Å². The van der Waals surface area contributed by atoms with Gasteiger partial charge in [-0.3, -0.25) is 16.5 Å². The van der Waals surface area contributed by atoms with Crippen molar-refractivity contribution in [1.29, 1.82) is 0 Å². The first kappa shape index (κ1) is 10.6. The monoisotopic (exact) mass is 168 g/mol. The van der Waals surface area contributed by atoms with Crippen LogP contribution in [0.5, 0.6) is 0 Å². The predicted molar refractivity (Wildman–Crippen MR) is 45.7 cm³/mol. The van der Waals surface area contributed by atoms with Gasteiger partial charge in [-0.05, 0) is 5.56 Å². The van der Waals surface area contributed by atoms with Gasteiger partial charge in [-0.2, -0.15) is 0 Å². The zero-order valence-corrected chi connectivity index (χ0v) is 6.64. The van der Waals surface area contributed by atoms with Gasteiger partial charge in [0.05, 0.1) is 0 Å². The van der Waals surface area contributed by atoms with Gasteiger partial charge in [0.1, 0.15) is 6.61 Å². The molecular weight excluding hydrogens is 156 g/mol. The summed E-state index contributed by atoms with van der Waals surface area (Å²) in [7, 11) is 0. The topological polar surface area (TPSA) is 78.3 Å². The minimum atomic E-state index is 0.365. The molecular formula is C8H12N2O2. The average molecular weight is 168 g/mol. The molecule has 1 aromatic carbocycles. The van der Waals surface area contributed by atoms with Crippen LogP contribution in [0.2, 0.25) is 0 Å². The smallest absolute Gasteiger partial charge is 0.293 e. The Labute approximate surface area is 71.1 Å². The highest BCUT2D eigenvalue weighted by atomic mass is 16.5. The molecule has 0 bridgehead atoms. The van der Waals surface area contributed by atoms with Crippen molar-refractivity contribution in [3.63, 3.8) is 0 Å². The molecule has 0 aliphatic heterocycles. The van der Waals surface area contributed by atoms with E-state index in [4.69, 9.17) is 0 Å². The molecule has 0 heterocycles. The Balaban J connectivity index is 0.000000561. The molecule has 0 saturated carbocycles. The summed E-state index contributed by atoms with van der Waals surface area (Å²) in [6, 6.07) is 9.55. The lowest BCUT2D eigenvalue weighted by molar-refractivity contribution is -0.129. The number of carbonyl (C=O) groups is 1. The van der Waals surface area contributed by atoms with Crippen LogP contribution >= 0.6 is 0 Å². The van der Waals surface area contributed by atoms with Crippen molar-refractivity contribution in [1.82, 2.24) is 0 Å². The Hall–Kier alpha value is -1.39. The third-order valence-corrected chi connectivity index (χ3v) is 1.16. The van der Waals surface area contributed by atoms with E-state index in [1.165, 1.54) is 0 Å². The zero-order chi connectivity index (χ0) is 9.23. The minimum absolute atomic E-state index is 0.365. The van der Waals surface area contributed by atoms with E-state index in [0.717, 1.165) is 5.56 Å². The average Bonchev–Trinajstić information content (AvgIpc) is 2.19. The molecule has 1 rings (SSSR count). The first-order valence-corrected chi connectivity index (χ1v) is 3.36. The number of hydrogen-bond donors (Lipinski definition) is 2. The van der Waals surface area contributed by atoms with Crippen LogP contribution in [0.25, 0.3) is 0 Å². The molecule has 1 aromatic rings. The van der Waals surface area contributed by atoms with Crippen molar-refractivity contribution >= 4 is 6.47 Å². The molecule has 0 fully saturated rings. The van der Waals surface area contributed by atoms with Crippen LogP contribution in [-0.4, -0.2) is 6.47 Å². The van der Waals surface area contributed by atoms with Gasteiger partial charge in [0, 0.05) is 0 Å². The highest BCUT2D eigenvalue weighted by Crippen LogP contribution is 1.98. The van der Waals surface area contributed by atoms with Gasteiger partial charge < -0.3 is 4.74 Å². The number of benzene rings is 1. The summed E-state index contributed by atoms with van der Waals surface area (Å²) in [5, 5.41) is 0. The van der Waals surface area contributed by atoms with Crippen LogP contribution in [0.3, 0.4) is 0 Å². The molecule has 12 heavy (non-hydrogen) atoms. The lowest BCUT2D eigenvalue weighted by Crippen LogP contribution is -2.02. The summed E-state index contributed by atoms with van der Waals surface area (Å²) in [4.78, 5) is 9.76. The standard InChI is InChI=1S/C8H8O2.H4N2/c9-7-10-6-8-4-2-1-3-5-8;1-2/h1-5,7H,6H2;1-2H2. The second-order valence-electron chi connectivity index (χ2n) is 1.89. The lowest BCUT2D eigenvalue weighted by atomic mass is 10.2. The van der Waals surface area contributed by atoms with E-state index in [1.807, 2.05) is 30.3 Å². The number of rotatable bonds is 3. The molecule has 0 spiro atoms. The van der Waals surface area contributed by atoms with Crippen molar-refractivity contribution in [3.8, 4) is 0 Å².